The maximum absolute atomic E-state index is 13.5. The van der Waals surface area contributed by atoms with Gasteiger partial charge in [-0.05, 0) is 68.3 Å². The second kappa shape index (κ2) is 10.6. The molecule has 0 radical (unpaired) electrons. The average Bonchev–Trinajstić information content (AvgIpc) is 3.06. The van der Waals surface area contributed by atoms with Gasteiger partial charge in [0.2, 0.25) is 0 Å². The number of carbonyl (C=O) groups is 2. The zero-order chi connectivity index (χ0) is 27.6. The number of methoxy groups -OCH3 is 1. The fourth-order valence-electron chi connectivity index (χ4n) is 4.53. The summed E-state index contributed by atoms with van der Waals surface area (Å²) >= 11 is 0. The first-order valence-electron chi connectivity index (χ1n) is 12.1. The second-order valence-corrected chi connectivity index (χ2v) is 8.97. The average molecular weight is 528 g/mol. The first-order chi connectivity index (χ1) is 18.0. The lowest BCUT2D eigenvalue weighted by Crippen LogP contribution is -2.41. The van der Waals surface area contributed by atoms with Crippen LogP contribution >= 0.6 is 0 Å². The number of rotatable bonds is 5. The lowest BCUT2D eigenvalue weighted by atomic mass is 10.0. The minimum absolute atomic E-state index is 0.0318. The lowest BCUT2D eigenvalue weighted by molar-refractivity contribution is -0.170. The highest BCUT2D eigenvalue weighted by Gasteiger charge is 2.43. The number of para-hydroxylation sites is 2. The Morgan fingerprint density at radius 3 is 2.53 bits per heavy atom. The first-order valence-corrected chi connectivity index (χ1v) is 12.1. The number of phenols is 1. The number of ether oxygens (including phenoxy) is 1. The van der Waals surface area contributed by atoms with Gasteiger partial charge in [0, 0.05) is 30.3 Å². The van der Waals surface area contributed by atoms with E-state index in [1.807, 2.05) is 31.2 Å². The number of alkyl halides is 3. The first kappa shape index (κ1) is 26.8. The highest BCUT2D eigenvalue weighted by molar-refractivity contribution is 6.08. The van der Waals surface area contributed by atoms with Crippen LogP contribution in [0, 0.1) is 0 Å². The van der Waals surface area contributed by atoms with Crippen molar-refractivity contribution in [1.82, 2.24) is 0 Å². The molecule has 1 aliphatic heterocycles. The lowest BCUT2D eigenvalue weighted by Gasteiger charge is -2.24. The van der Waals surface area contributed by atoms with Gasteiger partial charge in [0.15, 0.2) is 0 Å². The normalized spacial score (nSPS) is 15.2. The summed E-state index contributed by atoms with van der Waals surface area (Å²) in [5, 5.41) is 14.2. The summed E-state index contributed by atoms with van der Waals surface area (Å²) in [5.74, 6) is -2.42. The molecule has 0 aromatic heterocycles. The van der Waals surface area contributed by atoms with E-state index in [0.717, 1.165) is 17.8 Å². The van der Waals surface area contributed by atoms with Gasteiger partial charge in [-0.3, -0.25) is 9.59 Å². The third kappa shape index (κ3) is 5.25. The highest BCUT2D eigenvalue weighted by Crippen LogP contribution is 2.39. The molecule has 3 aromatic carbocycles. The number of nitrogens with zero attached hydrogens (tertiary/aromatic N) is 2. The smallest absolute Gasteiger partial charge is 0.471 e. The molecular weight excluding hydrogens is 499 g/mol. The number of hydrogen-bond donors (Lipinski definition) is 2. The summed E-state index contributed by atoms with van der Waals surface area (Å²) in [5.41, 5.74) is 2.63. The van der Waals surface area contributed by atoms with Gasteiger partial charge in [-0.25, -0.2) is 0 Å². The molecule has 1 aliphatic rings. The van der Waals surface area contributed by atoms with Crippen LogP contribution in [0.1, 0.15) is 30.6 Å². The molecule has 2 N–H and O–H groups in total. The number of nitrogens with one attached hydrogen (secondary N) is 1. The van der Waals surface area contributed by atoms with Crippen LogP contribution in [0.2, 0.25) is 0 Å². The molecular formula is C28H28F3N3O4. The molecule has 3 aromatic rings. The van der Waals surface area contributed by atoms with Crippen molar-refractivity contribution in [1.29, 1.82) is 0 Å². The zero-order valence-corrected chi connectivity index (χ0v) is 21.2. The topological polar surface area (TPSA) is 82.1 Å². The SMILES string of the molecule is CCN(C(=O)C(F)(F)F)c1ccc(-c2ccc(C(=O)N3CC[C@H](C)Nc4ccccc43)cc2O)cc1OC. The van der Waals surface area contributed by atoms with Gasteiger partial charge in [0.05, 0.1) is 24.2 Å². The van der Waals surface area contributed by atoms with Crippen LogP contribution in [0.3, 0.4) is 0 Å². The summed E-state index contributed by atoms with van der Waals surface area (Å²) in [6.45, 7) is 3.75. The van der Waals surface area contributed by atoms with Crippen molar-refractivity contribution < 1.29 is 32.6 Å². The molecule has 200 valence electrons. The molecule has 2 amide bonds. The Bertz CT molecular complexity index is 1360. The molecule has 38 heavy (non-hydrogen) atoms. The van der Waals surface area contributed by atoms with Gasteiger partial charge < -0.3 is 25.0 Å². The van der Waals surface area contributed by atoms with Gasteiger partial charge in [-0.15, -0.1) is 0 Å². The van der Waals surface area contributed by atoms with E-state index in [1.165, 1.54) is 38.3 Å². The summed E-state index contributed by atoms with van der Waals surface area (Å²) in [4.78, 5) is 27.6. The van der Waals surface area contributed by atoms with Crippen molar-refractivity contribution >= 4 is 28.9 Å². The summed E-state index contributed by atoms with van der Waals surface area (Å²) in [7, 11) is 1.28. The van der Waals surface area contributed by atoms with Gasteiger partial charge in [0.1, 0.15) is 11.5 Å². The fraction of sp³-hybridized carbons (Fsp3) is 0.286. The number of phenolic OH excluding ortho intramolecular Hbond substituents is 1. The fourth-order valence-corrected chi connectivity index (χ4v) is 4.53. The highest BCUT2D eigenvalue weighted by atomic mass is 19.4. The molecule has 7 nitrogen and oxygen atoms in total. The van der Waals surface area contributed by atoms with Crippen LogP contribution < -0.4 is 19.9 Å². The van der Waals surface area contributed by atoms with Gasteiger partial charge in [-0.2, -0.15) is 13.2 Å². The quantitative estimate of drug-likeness (QED) is 0.436. The van der Waals surface area contributed by atoms with E-state index in [0.29, 0.717) is 22.6 Å². The van der Waals surface area contributed by atoms with Gasteiger partial charge >= 0.3 is 12.1 Å². The Morgan fingerprint density at radius 1 is 1.13 bits per heavy atom. The van der Waals surface area contributed by atoms with Crippen molar-refractivity contribution in [3.8, 4) is 22.6 Å². The van der Waals surface area contributed by atoms with Crippen molar-refractivity contribution in [2.45, 2.75) is 32.5 Å². The van der Waals surface area contributed by atoms with E-state index in [-0.39, 0.29) is 41.2 Å². The van der Waals surface area contributed by atoms with Gasteiger partial charge in [-0.1, -0.05) is 18.2 Å². The predicted octanol–water partition coefficient (Wildman–Crippen LogP) is 5.83. The van der Waals surface area contributed by atoms with E-state index >= 15 is 0 Å². The molecule has 1 atom stereocenters. The minimum Gasteiger partial charge on any atom is -0.507 e. The number of benzene rings is 3. The number of halogens is 3. The number of carbonyl (C=O) groups excluding carboxylic acids is 2. The Hall–Kier alpha value is -4.21. The molecule has 0 bridgehead atoms. The summed E-state index contributed by atoms with van der Waals surface area (Å²) < 4.78 is 44.5. The van der Waals surface area contributed by atoms with Crippen molar-refractivity contribution in [3.63, 3.8) is 0 Å². The molecule has 0 aliphatic carbocycles. The molecule has 0 spiro atoms. The van der Waals surface area contributed by atoms with E-state index in [2.05, 4.69) is 5.32 Å². The number of aromatic hydroxyl groups is 1. The monoisotopic (exact) mass is 527 g/mol. The summed E-state index contributed by atoms with van der Waals surface area (Å²) in [6, 6.07) is 16.5. The van der Waals surface area contributed by atoms with E-state index < -0.39 is 12.1 Å². The minimum atomic E-state index is -5.04. The van der Waals surface area contributed by atoms with Crippen LogP contribution in [-0.2, 0) is 4.79 Å². The van der Waals surface area contributed by atoms with Crippen LogP contribution in [0.5, 0.6) is 11.5 Å². The molecule has 0 saturated heterocycles. The van der Waals surface area contributed by atoms with Crippen LogP contribution in [0.25, 0.3) is 11.1 Å². The standard InChI is InChI=1S/C28H28F3N3O4/c1-4-33(27(37)28(29,30)31)23-12-10-18(16-25(23)38-3)20-11-9-19(15-24(20)35)26(36)34-14-13-17(2)32-21-7-5-6-8-22(21)34/h5-12,15-17,32,35H,4,13-14H2,1-3H3/t17-/m0/s1. The number of amides is 2. The number of fused-ring (bicyclic) bond motifs is 1. The van der Waals surface area contributed by atoms with Crippen LogP contribution in [0.15, 0.2) is 60.7 Å². The Morgan fingerprint density at radius 2 is 1.87 bits per heavy atom. The maximum Gasteiger partial charge on any atom is 0.471 e. The number of hydrogen-bond acceptors (Lipinski definition) is 5. The molecule has 1 heterocycles. The van der Waals surface area contributed by atoms with Crippen LogP contribution in [-0.4, -0.2) is 49.3 Å². The third-order valence-electron chi connectivity index (χ3n) is 6.46. The molecule has 4 rings (SSSR count). The Labute approximate surface area is 218 Å². The summed E-state index contributed by atoms with van der Waals surface area (Å²) in [6.07, 6.45) is -4.30. The molecule has 0 unspecified atom stereocenters. The second-order valence-electron chi connectivity index (χ2n) is 8.97. The molecule has 10 heteroatoms. The van der Waals surface area contributed by atoms with E-state index in [9.17, 15) is 27.9 Å². The maximum atomic E-state index is 13.5. The predicted molar refractivity (Wildman–Crippen MR) is 140 cm³/mol. The van der Waals surface area contributed by atoms with Gasteiger partial charge in [0.25, 0.3) is 5.91 Å². The number of anilines is 3. The van der Waals surface area contributed by atoms with E-state index in [4.69, 9.17) is 4.74 Å². The van der Waals surface area contributed by atoms with E-state index in [1.54, 1.807) is 17.0 Å². The van der Waals surface area contributed by atoms with Crippen molar-refractivity contribution in [2.24, 2.45) is 0 Å². The van der Waals surface area contributed by atoms with Crippen molar-refractivity contribution in [2.75, 3.05) is 35.3 Å². The van der Waals surface area contributed by atoms with Crippen LogP contribution in [0.4, 0.5) is 30.2 Å². The Kier molecular flexibility index (Phi) is 7.52. The zero-order valence-electron chi connectivity index (χ0n) is 21.2. The Balaban J connectivity index is 1.65. The third-order valence-corrected chi connectivity index (χ3v) is 6.46. The molecule has 0 fully saturated rings. The largest absolute Gasteiger partial charge is 0.507 e. The molecule has 0 saturated carbocycles. The van der Waals surface area contributed by atoms with Crippen molar-refractivity contribution in [3.05, 3.63) is 66.2 Å².